The Hall–Kier alpha value is -5.65. The fraction of sp³-hybridized carbons (Fsp3) is 0.375. The number of aromatic nitrogens is 8. The van der Waals surface area contributed by atoms with E-state index in [-0.39, 0.29) is 46.2 Å². The molecular formula is C40H39F2N10O10PS. The van der Waals surface area contributed by atoms with Gasteiger partial charge in [-0.15, -0.1) is 0 Å². The van der Waals surface area contributed by atoms with E-state index in [1.54, 1.807) is 42.5 Å². The minimum Gasteiger partial charge on any atom is -0.394 e. The van der Waals surface area contributed by atoms with Crippen LogP contribution in [0.4, 0.5) is 20.3 Å². The van der Waals surface area contributed by atoms with E-state index in [4.69, 9.17) is 18.7 Å². The summed E-state index contributed by atoms with van der Waals surface area (Å²) in [5, 5.41) is 33.3. The number of fused-ring (bicyclic) bond motifs is 6. The van der Waals surface area contributed by atoms with Gasteiger partial charge in [0.05, 0.1) is 36.5 Å². The lowest BCUT2D eigenvalue weighted by Gasteiger charge is -2.25. The zero-order valence-electron chi connectivity index (χ0n) is 33.5. The van der Waals surface area contributed by atoms with Crippen molar-refractivity contribution < 1.29 is 52.0 Å². The molecule has 4 aromatic heterocycles. The molecule has 2 unspecified atom stereocenters. The van der Waals surface area contributed by atoms with Crippen molar-refractivity contribution in [1.82, 2.24) is 39.0 Å². The Bertz CT molecular complexity index is 2750. The summed E-state index contributed by atoms with van der Waals surface area (Å²) in [4.78, 5) is 53.1. The SMILES string of the molecule is O=C(c1ccccc1)N1C/C=C/CCc2ncnc3c2ncn3C2O[C@H](CO)[C@@H](O[P@@](=O)(SCc3ccccc3[N+](=O)[O-])COC[C@H]3OC([C@H](F)[C@@H]3O)n3cnc4c1ncnc43)[C@H]2F. The van der Waals surface area contributed by atoms with E-state index in [0.29, 0.717) is 41.0 Å². The van der Waals surface area contributed by atoms with E-state index in [9.17, 15) is 29.7 Å². The van der Waals surface area contributed by atoms with Crippen molar-refractivity contribution in [2.45, 2.75) is 67.8 Å². The number of para-hydroxylation sites is 1. The number of carbonyl (C=O) groups excluding carboxylic acids is 1. The maximum absolute atomic E-state index is 16.7. The minimum atomic E-state index is -4.28. The summed E-state index contributed by atoms with van der Waals surface area (Å²) in [5.74, 6) is -0.509. The minimum absolute atomic E-state index is 0.0425. The number of aryl methyl sites for hydroxylation is 1. The van der Waals surface area contributed by atoms with Gasteiger partial charge in [-0.25, -0.2) is 38.7 Å². The number of hydrogen-bond acceptors (Lipinski definition) is 17. The molecule has 9 atom stereocenters. The number of amides is 1. The number of imidazole rings is 2. The molecular weight excluding hydrogens is 882 g/mol. The number of anilines is 1. The summed E-state index contributed by atoms with van der Waals surface area (Å²) in [5.41, 5.74) is 1.65. The molecule has 2 saturated heterocycles. The quantitative estimate of drug-likeness (QED) is 0.0962. The Morgan fingerprint density at radius 1 is 0.906 bits per heavy atom. The molecule has 0 saturated carbocycles. The lowest BCUT2D eigenvalue weighted by atomic mass is 10.1. The molecule has 2 fully saturated rings. The van der Waals surface area contributed by atoms with Gasteiger partial charge in [0.25, 0.3) is 18.2 Å². The number of nitrogens with zero attached hydrogens (tertiary/aromatic N) is 10. The summed E-state index contributed by atoms with van der Waals surface area (Å²) in [6, 6.07) is 14.3. The number of benzene rings is 2. The molecule has 12 bridgehead atoms. The van der Waals surface area contributed by atoms with Gasteiger partial charge in [0.2, 0.25) is 0 Å². The van der Waals surface area contributed by atoms with Crippen LogP contribution >= 0.6 is 18.0 Å². The zero-order chi connectivity index (χ0) is 44.5. The highest BCUT2D eigenvalue weighted by Crippen LogP contribution is 2.63. The smallest absolute Gasteiger partial charge is 0.283 e. The van der Waals surface area contributed by atoms with Crippen LogP contribution in [0.15, 0.2) is 92.1 Å². The number of rotatable bonds is 6. The fourth-order valence-corrected chi connectivity index (χ4v) is 11.5. The number of carbonyl (C=O) groups is 1. The molecule has 0 spiro atoms. The molecule has 20 nitrogen and oxygen atoms in total. The first kappa shape index (κ1) is 43.6. The van der Waals surface area contributed by atoms with Gasteiger partial charge in [0.1, 0.15) is 48.9 Å². The Labute approximate surface area is 365 Å². The third kappa shape index (κ3) is 8.40. The molecule has 7 heterocycles. The number of aliphatic hydroxyl groups excluding tert-OH is 2. The van der Waals surface area contributed by atoms with Crippen LogP contribution in [0.1, 0.15) is 40.5 Å². The first-order chi connectivity index (χ1) is 31.0. The second kappa shape index (κ2) is 18.4. The third-order valence-corrected chi connectivity index (χ3v) is 15.0. The lowest BCUT2D eigenvalue weighted by molar-refractivity contribution is -0.385. The van der Waals surface area contributed by atoms with Crippen molar-refractivity contribution in [2.24, 2.45) is 0 Å². The van der Waals surface area contributed by atoms with E-state index in [1.807, 2.05) is 6.08 Å². The standard InChI is InChI=1S/C40H39F2N10O10PS/c41-29-33(54)28-16-59-22-63(58,64-17-24-11-6-7-13-26(24)52(56)57)62-34-27(15-53)60-40(30(34)42)50-20-47-31-25(43-18-44-35(31)50)12-5-2-8-14-49(38(55)23-9-3-1-4-10-23)36-32-37(46-19-45-36)51(21-48-32)39(29)61-28/h1-4,6-11,13,18-21,27-30,33-34,39-40,53-54H,5,12,14-17,22H2/b8-2+/t27-,28-,29-,30-,33-,34-,39?,40?,63-/m1/s1. The summed E-state index contributed by atoms with van der Waals surface area (Å²) in [6.07, 6.45) is -4.44. The summed E-state index contributed by atoms with van der Waals surface area (Å²) in [7, 11) is 0. The highest BCUT2D eigenvalue weighted by Gasteiger charge is 2.51. The van der Waals surface area contributed by atoms with Gasteiger partial charge in [0.15, 0.2) is 47.4 Å². The highest BCUT2D eigenvalue weighted by atomic mass is 32.7. The molecule has 9 rings (SSSR count). The monoisotopic (exact) mass is 920 g/mol. The normalized spacial score (nSPS) is 28.3. The van der Waals surface area contributed by atoms with Crippen LogP contribution in [0.25, 0.3) is 22.3 Å². The van der Waals surface area contributed by atoms with Gasteiger partial charge in [-0.3, -0.25) is 33.5 Å². The van der Waals surface area contributed by atoms with Crippen LogP contribution in [0.5, 0.6) is 0 Å². The average Bonchev–Trinajstić information content (AvgIpc) is 4.08. The number of ether oxygens (including phenoxy) is 3. The molecule has 334 valence electrons. The van der Waals surface area contributed by atoms with Crippen molar-refractivity contribution in [3.8, 4) is 0 Å². The maximum atomic E-state index is 16.7. The first-order valence-corrected chi connectivity index (χ1v) is 23.4. The molecule has 64 heavy (non-hydrogen) atoms. The first-order valence-electron chi connectivity index (χ1n) is 20.0. The van der Waals surface area contributed by atoms with Crippen molar-refractivity contribution in [1.29, 1.82) is 0 Å². The van der Waals surface area contributed by atoms with E-state index in [1.165, 1.54) is 57.5 Å². The van der Waals surface area contributed by atoms with Crippen LogP contribution in [-0.4, -0.2) is 123 Å². The van der Waals surface area contributed by atoms with Crippen LogP contribution in [0.3, 0.4) is 0 Å². The summed E-state index contributed by atoms with van der Waals surface area (Å²) in [6.45, 7) is -5.53. The number of aliphatic hydroxyl groups is 2. The number of nitro benzene ring substituents is 1. The van der Waals surface area contributed by atoms with E-state index in [2.05, 4.69) is 29.9 Å². The molecule has 0 aliphatic carbocycles. The largest absolute Gasteiger partial charge is 0.394 e. The zero-order valence-corrected chi connectivity index (χ0v) is 35.2. The van der Waals surface area contributed by atoms with Crippen LogP contribution in [0.2, 0.25) is 0 Å². The number of nitro groups is 1. The van der Waals surface area contributed by atoms with Gasteiger partial charge in [0, 0.05) is 29.5 Å². The van der Waals surface area contributed by atoms with Gasteiger partial charge in [-0.05, 0) is 25.0 Å². The van der Waals surface area contributed by atoms with E-state index >= 15 is 8.78 Å². The Morgan fingerprint density at radius 3 is 2.38 bits per heavy atom. The van der Waals surface area contributed by atoms with Gasteiger partial charge in [-0.2, -0.15) is 0 Å². The van der Waals surface area contributed by atoms with Crippen molar-refractivity contribution in [3.05, 3.63) is 119 Å². The second-order valence-electron chi connectivity index (χ2n) is 15.0. The fourth-order valence-electron chi connectivity index (χ4n) is 7.81. The lowest BCUT2D eigenvalue weighted by Crippen LogP contribution is -2.34. The Kier molecular flexibility index (Phi) is 12.6. The maximum Gasteiger partial charge on any atom is 0.283 e. The average molecular weight is 921 g/mol. The molecule has 3 aliphatic heterocycles. The molecule has 1 amide bonds. The Morgan fingerprint density at radius 2 is 1.61 bits per heavy atom. The van der Waals surface area contributed by atoms with Crippen molar-refractivity contribution in [3.63, 3.8) is 0 Å². The van der Waals surface area contributed by atoms with E-state index < -0.39 is 86.2 Å². The van der Waals surface area contributed by atoms with Gasteiger partial charge >= 0.3 is 0 Å². The number of allylic oxidation sites excluding steroid dienone is 1. The molecule has 2 N–H and O–H groups in total. The summed E-state index contributed by atoms with van der Waals surface area (Å²) >= 11 is 0.637. The Balaban J connectivity index is 1.08. The predicted molar refractivity (Wildman–Crippen MR) is 225 cm³/mol. The van der Waals surface area contributed by atoms with Crippen LogP contribution in [0, 0.1) is 10.1 Å². The molecule has 3 aliphatic rings. The predicted octanol–water partition coefficient (Wildman–Crippen LogP) is 5.03. The van der Waals surface area contributed by atoms with E-state index in [0.717, 1.165) is 0 Å². The van der Waals surface area contributed by atoms with Crippen LogP contribution < -0.4 is 4.90 Å². The van der Waals surface area contributed by atoms with Gasteiger partial charge < -0.3 is 28.9 Å². The van der Waals surface area contributed by atoms with Crippen LogP contribution in [-0.2, 0) is 35.5 Å². The van der Waals surface area contributed by atoms with Crippen molar-refractivity contribution in [2.75, 3.05) is 31.0 Å². The molecule has 6 aromatic rings. The second-order valence-corrected chi connectivity index (χ2v) is 19.7. The number of alkyl halides is 2. The topological polar surface area (TPSA) is 245 Å². The van der Waals surface area contributed by atoms with Crippen molar-refractivity contribution >= 4 is 57.7 Å². The molecule has 2 aromatic carbocycles. The summed E-state index contributed by atoms with van der Waals surface area (Å²) < 4.78 is 74.0. The molecule has 0 radical (unpaired) electrons. The number of hydrogen-bond donors (Lipinski definition) is 2. The molecule has 24 heteroatoms. The van der Waals surface area contributed by atoms with Gasteiger partial charge in [-0.1, -0.05) is 59.9 Å². The third-order valence-electron chi connectivity index (χ3n) is 11.0. The number of halogens is 2. The highest BCUT2D eigenvalue weighted by molar-refractivity contribution is 8.56.